The second kappa shape index (κ2) is 4.86. The predicted octanol–water partition coefficient (Wildman–Crippen LogP) is 4.16. The molecule has 2 aromatic rings. The van der Waals surface area contributed by atoms with E-state index < -0.39 is 5.82 Å². The van der Waals surface area contributed by atoms with Gasteiger partial charge in [-0.05, 0) is 48.9 Å². The van der Waals surface area contributed by atoms with Crippen LogP contribution >= 0.6 is 11.6 Å². The van der Waals surface area contributed by atoms with Crippen LogP contribution in [-0.4, -0.2) is 5.78 Å². The molecule has 0 aliphatic carbocycles. The van der Waals surface area contributed by atoms with E-state index in [1.165, 1.54) is 24.3 Å². The highest BCUT2D eigenvalue weighted by Gasteiger charge is 2.14. The molecule has 92 valence electrons. The summed E-state index contributed by atoms with van der Waals surface area (Å²) in [7, 11) is 0. The smallest absolute Gasteiger partial charge is 0.194 e. The van der Waals surface area contributed by atoms with E-state index in [0.717, 1.165) is 12.1 Å². The van der Waals surface area contributed by atoms with E-state index in [-0.39, 0.29) is 22.2 Å². The van der Waals surface area contributed by atoms with Crippen LogP contribution in [0.15, 0.2) is 36.4 Å². The molecule has 0 unspecified atom stereocenters. The molecule has 0 aromatic heterocycles. The van der Waals surface area contributed by atoms with E-state index in [1.54, 1.807) is 6.92 Å². The van der Waals surface area contributed by atoms with Gasteiger partial charge in [-0.3, -0.25) is 4.79 Å². The number of hydrogen-bond acceptors (Lipinski definition) is 1. The maximum absolute atomic E-state index is 13.1. The van der Waals surface area contributed by atoms with Crippen molar-refractivity contribution < 1.29 is 13.6 Å². The average molecular weight is 267 g/mol. The van der Waals surface area contributed by atoms with E-state index in [0.29, 0.717) is 11.1 Å². The van der Waals surface area contributed by atoms with Crippen molar-refractivity contribution in [2.45, 2.75) is 6.92 Å². The first-order chi connectivity index (χ1) is 8.49. The van der Waals surface area contributed by atoms with Gasteiger partial charge in [0.2, 0.25) is 0 Å². The number of hydrogen-bond donors (Lipinski definition) is 0. The van der Waals surface area contributed by atoms with Crippen LogP contribution < -0.4 is 0 Å². The van der Waals surface area contributed by atoms with Crippen molar-refractivity contribution in [1.29, 1.82) is 0 Å². The molecular weight excluding hydrogens is 258 g/mol. The molecule has 0 fully saturated rings. The quantitative estimate of drug-likeness (QED) is 0.746. The van der Waals surface area contributed by atoms with Crippen LogP contribution in [0, 0.1) is 18.6 Å². The summed E-state index contributed by atoms with van der Waals surface area (Å²) < 4.78 is 26.0. The van der Waals surface area contributed by atoms with Crippen molar-refractivity contribution in [3.05, 3.63) is 69.7 Å². The minimum Gasteiger partial charge on any atom is -0.289 e. The fraction of sp³-hybridized carbons (Fsp3) is 0.0714. The van der Waals surface area contributed by atoms with Gasteiger partial charge < -0.3 is 0 Å². The Kier molecular flexibility index (Phi) is 3.43. The van der Waals surface area contributed by atoms with Crippen molar-refractivity contribution >= 4 is 17.4 Å². The summed E-state index contributed by atoms with van der Waals surface area (Å²) in [5, 5.41) is 0.0435. The summed E-state index contributed by atoms with van der Waals surface area (Å²) in [6, 6.07) is 7.60. The van der Waals surface area contributed by atoms with E-state index in [2.05, 4.69) is 0 Å². The van der Waals surface area contributed by atoms with Crippen LogP contribution in [0.3, 0.4) is 0 Å². The number of benzene rings is 2. The van der Waals surface area contributed by atoms with Crippen molar-refractivity contribution in [2.24, 2.45) is 0 Å². The molecule has 0 aliphatic rings. The molecule has 0 aliphatic heterocycles. The zero-order valence-corrected chi connectivity index (χ0v) is 10.3. The van der Waals surface area contributed by atoms with Crippen LogP contribution in [0.1, 0.15) is 21.5 Å². The Hall–Kier alpha value is -1.74. The lowest BCUT2D eigenvalue weighted by Crippen LogP contribution is -2.03. The molecule has 0 saturated heterocycles. The first kappa shape index (κ1) is 12.7. The van der Waals surface area contributed by atoms with Gasteiger partial charge in [0.25, 0.3) is 0 Å². The third-order valence-electron chi connectivity index (χ3n) is 2.60. The minimum absolute atomic E-state index is 0.0435. The summed E-state index contributed by atoms with van der Waals surface area (Å²) in [5.74, 6) is -1.24. The van der Waals surface area contributed by atoms with Gasteiger partial charge in [0.05, 0.1) is 5.02 Å². The molecule has 0 radical (unpaired) electrons. The Labute approximate surface area is 108 Å². The van der Waals surface area contributed by atoms with Crippen molar-refractivity contribution in [2.75, 3.05) is 0 Å². The maximum Gasteiger partial charge on any atom is 0.194 e. The van der Waals surface area contributed by atoms with Gasteiger partial charge >= 0.3 is 0 Å². The number of rotatable bonds is 2. The van der Waals surface area contributed by atoms with Gasteiger partial charge in [0, 0.05) is 11.1 Å². The predicted molar refractivity (Wildman–Crippen MR) is 66.0 cm³/mol. The fourth-order valence-corrected chi connectivity index (χ4v) is 1.87. The highest BCUT2D eigenvalue weighted by Crippen LogP contribution is 2.21. The fourth-order valence-electron chi connectivity index (χ4n) is 1.62. The first-order valence-electron chi connectivity index (χ1n) is 5.25. The van der Waals surface area contributed by atoms with Crippen LogP contribution in [0.4, 0.5) is 8.78 Å². The molecule has 0 spiro atoms. The maximum atomic E-state index is 13.1. The highest BCUT2D eigenvalue weighted by molar-refractivity contribution is 6.35. The summed E-state index contributed by atoms with van der Waals surface area (Å²) in [6.07, 6.45) is 0. The van der Waals surface area contributed by atoms with E-state index >= 15 is 0 Å². The molecule has 0 N–H and O–H groups in total. The Bertz CT molecular complexity index is 623. The summed E-state index contributed by atoms with van der Waals surface area (Å²) >= 11 is 5.81. The van der Waals surface area contributed by atoms with Crippen molar-refractivity contribution in [3.8, 4) is 0 Å². The lowest BCUT2D eigenvalue weighted by molar-refractivity contribution is 0.103. The zero-order valence-electron chi connectivity index (χ0n) is 9.51. The van der Waals surface area contributed by atoms with Crippen LogP contribution in [0.2, 0.25) is 5.02 Å². The third-order valence-corrected chi connectivity index (χ3v) is 2.91. The van der Waals surface area contributed by atoms with Gasteiger partial charge in [-0.15, -0.1) is 0 Å². The monoisotopic (exact) mass is 266 g/mol. The number of halogens is 3. The molecule has 1 nitrogen and oxygen atoms in total. The average Bonchev–Trinajstić information content (AvgIpc) is 2.32. The molecule has 18 heavy (non-hydrogen) atoms. The molecule has 0 amide bonds. The lowest BCUT2D eigenvalue weighted by atomic mass is 10.0. The second-order valence-corrected chi connectivity index (χ2v) is 4.32. The molecule has 2 rings (SSSR count). The zero-order chi connectivity index (χ0) is 13.3. The molecule has 0 bridgehead atoms. The Morgan fingerprint density at radius 3 is 2.44 bits per heavy atom. The summed E-state index contributed by atoms with van der Waals surface area (Å²) in [5.41, 5.74) is 0.894. The number of ketones is 1. The van der Waals surface area contributed by atoms with Crippen LogP contribution in [-0.2, 0) is 0 Å². The normalized spacial score (nSPS) is 10.4. The Balaban J connectivity index is 2.44. The van der Waals surface area contributed by atoms with Crippen molar-refractivity contribution in [1.82, 2.24) is 0 Å². The molecular formula is C14H9ClF2O. The van der Waals surface area contributed by atoms with Gasteiger partial charge in [0.15, 0.2) is 5.78 Å². The number of carbonyl (C=O) groups excluding carboxylic acids is 1. The van der Waals surface area contributed by atoms with Gasteiger partial charge in [-0.1, -0.05) is 11.6 Å². The lowest BCUT2D eigenvalue weighted by Gasteiger charge is -2.05. The number of aryl methyl sites for hydroxylation is 1. The van der Waals surface area contributed by atoms with E-state index in [4.69, 9.17) is 11.6 Å². The minimum atomic E-state index is -0.508. The largest absolute Gasteiger partial charge is 0.289 e. The summed E-state index contributed by atoms with van der Waals surface area (Å²) in [6.45, 7) is 1.57. The molecule has 0 heterocycles. The standard InChI is InChI=1S/C14H9ClF2O/c1-8-6-9(2-5-13(8)17)14(18)11-4-3-10(16)7-12(11)15/h2-7H,1H3. The molecule has 4 heteroatoms. The van der Waals surface area contributed by atoms with E-state index in [1.807, 2.05) is 0 Å². The van der Waals surface area contributed by atoms with Crippen LogP contribution in [0.25, 0.3) is 0 Å². The molecule has 0 saturated carbocycles. The van der Waals surface area contributed by atoms with Gasteiger partial charge in [0.1, 0.15) is 11.6 Å². The first-order valence-corrected chi connectivity index (χ1v) is 5.63. The third kappa shape index (κ3) is 2.41. The van der Waals surface area contributed by atoms with E-state index in [9.17, 15) is 13.6 Å². The molecule has 2 aromatic carbocycles. The topological polar surface area (TPSA) is 17.1 Å². The number of carbonyl (C=O) groups is 1. The van der Waals surface area contributed by atoms with Crippen molar-refractivity contribution in [3.63, 3.8) is 0 Å². The van der Waals surface area contributed by atoms with Gasteiger partial charge in [-0.25, -0.2) is 8.78 Å². The molecule has 0 atom stereocenters. The SMILES string of the molecule is Cc1cc(C(=O)c2ccc(F)cc2Cl)ccc1F. The summed E-state index contributed by atoms with van der Waals surface area (Å²) in [4.78, 5) is 12.1. The Morgan fingerprint density at radius 2 is 1.83 bits per heavy atom. The van der Waals surface area contributed by atoms with Gasteiger partial charge in [-0.2, -0.15) is 0 Å². The second-order valence-electron chi connectivity index (χ2n) is 3.92. The Morgan fingerprint density at radius 1 is 1.11 bits per heavy atom. The van der Waals surface area contributed by atoms with Crippen LogP contribution in [0.5, 0.6) is 0 Å². The highest BCUT2D eigenvalue weighted by atomic mass is 35.5.